The summed E-state index contributed by atoms with van der Waals surface area (Å²) in [5.74, 6) is -0.492. The van der Waals surface area contributed by atoms with Gasteiger partial charge < -0.3 is 14.7 Å². The lowest BCUT2D eigenvalue weighted by molar-refractivity contribution is -0.145. The summed E-state index contributed by atoms with van der Waals surface area (Å²) in [6.07, 6.45) is 5.27. The molecule has 0 spiro atoms. The van der Waals surface area contributed by atoms with Gasteiger partial charge in [-0.15, -0.1) is 0 Å². The Balaban J connectivity index is 1.53. The molecule has 0 aromatic rings. The van der Waals surface area contributed by atoms with Gasteiger partial charge in [-0.1, -0.05) is 6.92 Å². The normalized spacial score (nSPS) is 27.9. The minimum Gasteiger partial charge on any atom is -0.481 e. The molecule has 0 radical (unpaired) electrons. The highest BCUT2D eigenvalue weighted by Gasteiger charge is 2.34. The lowest BCUT2D eigenvalue weighted by Crippen LogP contribution is -2.51. The van der Waals surface area contributed by atoms with Crippen molar-refractivity contribution in [3.8, 4) is 0 Å². The Kier molecular flexibility index (Phi) is 4.40. The molecular weight excluding hydrogens is 218 g/mol. The number of likely N-dealkylation sites (tertiary alicyclic amines) is 1. The first-order valence-corrected chi connectivity index (χ1v) is 6.73. The SMILES string of the molecule is CC(C(=O)O)C1CN(CCCC2CCCO2)C1. The van der Waals surface area contributed by atoms with E-state index in [2.05, 4.69) is 4.90 Å². The van der Waals surface area contributed by atoms with Crippen molar-refractivity contribution in [1.29, 1.82) is 0 Å². The van der Waals surface area contributed by atoms with E-state index in [9.17, 15) is 4.79 Å². The summed E-state index contributed by atoms with van der Waals surface area (Å²) in [4.78, 5) is 13.2. The maximum Gasteiger partial charge on any atom is 0.306 e. The highest BCUT2D eigenvalue weighted by Crippen LogP contribution is 2.25. The topological polar surface area (TPSA) is 49.8 Å². The maximum absolute atomic E-state index is 10.8. The van der Waals surface area contributed by atoms with Crippen LogP contribution in [0.3, 0.4) is 0 Å². The molecule has 2 saturated heterocycles. The zero-order chi connectivity index (χ0) is 12.3. The fourth-order valence-corrected chi connectivity index (χ4v) is 2.72. The van der Waals surface area contributed by atoms with Gasteiger partial charge in [0, 0.05) is 19.7 Å². The first-order chi connectivity index (χ1) is 8.16. The van der Waals surface area contributed by atoms with Crippen LogP contribution in [-0.2, 0) is 9.53 Å². The van der Waals surface area contributed by atoms with E-state index in [0.29, 0.717) is 12.0 Å². The van der Waals surface area contributed by atoms with E-state index in [1.54, 1.807) is 0 Å². The number of aliphatic carboxylic acids is 1. The zero-order valence-corrected chi connectivity index (χ0v) is 10.6. The van der Waals surface area contributed by atoms with E-state index in [4.69, 9.17) is 9.84 Å². The van der Waals surface area contributed by atoms with Gasteiger partial charge in [0.25, 0.3) is 0 Å². The van der Waals surface area contributed by atoms with Crippen molar-refractivity contribution in [2.75, 3.05) is 26.2 Å². The fraction of sp³-hybridized carbons (Fsp3) is 0.923. The predicted octanol–water partition coefficient (Wildman–Crippen LogP) is 1.60. The molecule has 2 unspecified atom stereocenters. The van der Waals surface area contributed by atoms with E-state index in [1.165, 1.54) is 19.3 Å². The van der Waals surface area contributed by atoms with Crippen LogP contribution in [0.1, 0.15) is 32.6 Å². The molecule has 98 valence electrons. The lowest BCUT2D eigenvalue weighted by Gasteiger charge is -2.41. The van der Waals surface area contributed by atoms with Gasteiger partial charge in [-0.25, -0.2) is 0 Å². The first kappa shape index (κ1) is 12.8. The molecule has 0 bridgehead atoms. The van der Waals surface area contributed by atoms with Crippen molar-refractivity contribution >= 4 is 5.97 Å². The van der Waals surface area contributed by atoms with E-state index in [1.807, 2.05) is 6.92 Å². The van der Waals surface area contributed by atoms with Crippen LogP contribution in [-0.4, -0.2) is 48.3 Å². The Labute approximate surface area is 103 Å². The average Bonchev–Trinajstić information content (AvgIpc) is 2.73. The summed E-state index contributed by atoms with van der Waals surface area (Å²) in [6, 6.07) is 0. The van der Waals surface area contributed by atoms with Crippen molar-refractivity contribution < 1.29 is 14.6 Å². The van der Waals surface area contributed by atoms with Crippen LogP contribution in [0, 0.1) is 11.8 Å². The molecule has 4 heteroatoms. The van der Waals surface area contributed by atoms with Gasteiger partial charge in [-0.2, -0.15) is 0 Å². The lowest BCUT2D eigenvalue weighted by atomic mass is 9.87. The van der Waals surface area contributed by atoms with E-state index < -0.39 is 5.97 Å². The monoisotopic (exact) mass is 241 g/mol. The first-order valence-electron chi connectivity index (χ1n) is 6.73. The van der Waals surface area contributed by atoms with Gasteiger partial charge in [0.15, 0.2) is 0 Å². The van der Waals surface area contributed by atoms with Gasteiger partial charge in [-0.05, 0) is 38.1 Å². The molecule has 2 rings (SSSR count). The molecule has 2 fully saturated rings. The molecule has 0 saturated carbocycles. The van der Waals surface area contributed by atoms with Gasteiger partial charge in [-0.3, -0.25) is 4.79 Å². The second kappa shape index (κ2) is 5.83. The minimum absolute atomic E-state index is 0.190. The van der Waals surface area contributed by atoms with Gasteiger partial charge >= 0.3 is 5.97 Å². The quantitative estimate of drug-likeness (QED) is 0.767. The van der Waals surface area contributed by atoms with Gasteiger partial charge in [0.1, 0.15) is 0 Å². The van der Waals surface area contributed by atoms with Crippen LogP contribution < -0.4 is 0 Å². The molecule has 4 nitrogen and oxygen atoms in total. The zero-order valence-electron chi connectivity index (χ0n) is 10.6. The number of ether oxygens (including phenoxy) is 1. The van der Waals surface area contributed by atoms with Crippen LogP contribution in [0.25, 0.3) is 0 Å². The standard InChI is InChI=1S/C13H23NO3/c1-10(13(15)16)11-8-14(9-11)6-2-4-12-5-3-7-17-12/h10-12H,2-9H2,1H3,(H,15,16). The minimum atomic E-state index is -0.658. The van der Waals surface area contributed by atoms with Crippen molar-refractivity contribution in [1.82, 2.24) is 4.90 Å². The molecule has 2 atom stereocenters. The predicted molar refractivity (Wildman–Crippen MR) is 64.9 cm³/mol. The summed E-state index contributed by atoms with van der Waals surface area (Å²) < 4.78 is 5.58. The van der Waals surface area contributed by atoms with E-state index >= 15 is 0 Å². The number of nitrogens with zero attached hydrogens (tertiary/aromatic N) is 1. The number of carboxylic acids is 1. The molecule has 0 amide bonds. The number of carbonyl (C=O) groups is 1. The smallest absolute Gasteiger partial charge is 0.306 e. The molecule has 17 heavy (non-hydrogen) atoms. The van der Waals surface area contributed by atoms with Crippen LogP contribution in [0.5, 0.6) is 0 Å². The third-order valence-corrected chi connectivity index (χ3v) is 4.11. The molecule has 2 aliphatic rings. The van der Waals surface area contributed by atoms with E-state index in [0.717, 1.165) is 32.7 Å². The van der Waals surface area contributed by atoms with Gasteiger partial charge in [0.05, 0.1) is 12.0 Å². The molecule has 2 heterocycles. The molecule has 2 aliphatic heterocycles. The molecular formula is C13H23NO3. The molecule has 0 aliphatic carbocycles. The van der Waals surface area contributed by atoms with Gasteiger partial charge in [0.2, 0.25) is 0 Å². The van der Waals surface area contributed by atoms with Crippen LogP contribution >= 0.6 is 0 Å². The number of rotatable bonds is 6. The van der Waals surface area contributed by atoms with Crippen LogP contribution in [0.4, 0.5) is 0 Å². The van der Waals surface area contributed by atoms with Crippen molar-refractivity contribution in [3.05, 3.63) is 0 Å². The second-order valence-corrected chi connectivity index (χ2v) is 5.42. The summed E-state index contributed by atoms with van der Waals surface area (Å²) in [7, 11) is 0. The Morgan fingerprint density at radius 1 is 1.53 bits per heavy atom. The molecule has 0 aromatic carbocycles. The second-order valence-electron chi connectivity index (χ2n) is 5.42. The van der Waals surface area contributed by atoms with Crippen molar-refractivity contribution in [3.63, 3.8) is 0 Å². The Hall–Kier alpha value is -0.610. The maximum atomic E-state index is 10.8. The summed E-state index contributed by atoms with van der Waals surface area (Å²) in [5.41, 5.74) is 0. The van der Waals surface area contributed by atoms with Crippen molar-refractivity contribution in [2.45, 2.75) is 38.7 Å². The van der Waals surface area contributed by atoms with Crippen molar-refractivity contribution in [2.24, 2.45) is 11.8 Å². The number of hydrogen-bond donors (Lipinski definition) is 1. The molecule has 0 aromatic heterocycles. The van der Waals surface area contributed by atoms with Crippen LogP contribution in [0.2, 0.25) is 0 Å². The fourth-order valence-electron chi connectivity index (χ4n) is 2.72. The Morgan fingerprint density at radius 3 is 2.88 bits per heavy atom. The third-order valence-electron chi connectivity index (χ3n) is 4.11. The summed E-state index contributed by atoms with van der Waals surface area (Å²) in [5, 5.41) is 8.89. The largest absolute Gasteiger partial charge is 0.481 e. The van der Waals surface area contributed by atoms with Crippen LogP contribution in [0.15, 0.2) is 0 Å². The molecule has 1 N–H and O–H groups in total. The average molecular weight is 241 g/mol. The highest BCUT2D eigenvalue weighted by atomic mass is 16.5. The van der Waals surface area contributed by atoms with E-state index in [-0.39, 0.29) is 5.92 Å². The Morgan fingerprint density at radius 2 is 2.29 bits per heavy atom. The Bertz CT molecular complexity index is 257. The highest BCUT2D eigenvalue weighted by molar-refractivity contribution is 5.70. The third kappa shape index (κ3) is 3.42. The summed E-state index contributed by atoms with van der Waals surface area (Å²) in [6.45, 7) is 5.77. The summed E-state index contributed by atoms with van der Waals surface area (Å²) >= 11 is 0. The number of hydrogen-bond acceptors (Lipinski definition) is 3. The number of carboxylic acid groups (broad SMARTS) is 1.